The Labute approximate surface area is 176 Å². The van der Waals surface area contributed by atoms with E-state index >= 15 is 0 Å². The molecule has 1 N–H and O–H groups in total. The second-order valence-corrected chi connectivity index (χ2v) is 0. The summed E-state index contributed by atoms with van der Waals surface area (Å²) in [5.41, 5.74) is 0. The van der Waals surface area contributed by atoms with Crippen LogP contribution in [0.25, 0.3) is 0 Å². The van der Waals surface area contributed by atoms with Crippen LogP contribution >= 0.6 is 0 Å². The second-order valence-electron chi connectivity index (χ2n) is 0. The van der Waals surface area contributed by atoms with Gasteiger partial charge in [0.25, 0.3) is 0 Å². The molecule has 0 fully saturated rings. The molecule has 0 spiro atoms. The summed E-state index contributed by atoms with van der Waals surface area (Å²) in [6.07, 6.45) is 0. The van der Waals surface area contributed by atoms with Crippen molar-refractivity contribution in [1.82, 2.24) is 0 Å². The van der Waals surface area contributed by atoms with E-state index in [1.54, 1.807) is 0 Å². The maximum absolute atomic E-state index is 0. The molecular weight excluding hydrogens is 273 g/mol. The van der Waals surface area contributed by atoms with Crippen LogP contribution in [0.2, 0.25) is 0 Å². The molecule has 0 amide bonds. The molecule has 0 atom stereocenters. The third kappa shape index (κ3) is 10.4. The van der Waals surface area contributed by atoms with Gasteiger partial charge in [0, 0.05) is 0 Å². The molecule has 1 nitrogen and oxygen atoms in total. The van der Waals surface area contributed by atoms with E-state index in [1.165, 1.54) is 0 Å². The fraction of sp³-hybridized carbons (Fsp3) is 0. The maximum atomic E-state index is 0. The van der Waals surface area contributed by atoms with E-state index in [1.807, 2.05) is 0 Å². The fourth-order valence-corrected chi connectivity index (χ4v) is 0. The van der Waals surface area contributed by atoms with Gasteiger partial charge in [-0.2, -0.15) is 0 Å². The van der Waals surface area contributed by atoms with Crippen LogP contribution in [0.5, 0.6) is 0 Å². The molecule has 4 heteroatoms. The van der Waals surface area contributed by atoms with Crippen molar-refractivity contribution in [3.05, 3.63) is 0 Å². The van der Waals surface area contributed by atoms with E-state index < -0.39 is 0 Å². The van der Waals surface area contributed by atoms with E-state index in [9.17, 15) is 0 Å². The van der Waals surface area contributed by atoms with Crippen molar-refractivity contribution >= 4 is 127 Å². The number of hydrogen-bond acceptors (Lipinski definition) is 1. The van der Waals surface area contributed by atoms with Crippen LogP contribution in [0.4, 0.5) is 0 Å². The van der Waals surface area contributed by atoms with E-state index in [4.69, 9.17) is 0 Å². The van der Waals surface area contributed by atoms with Gasteiger partial charge in [-0.1, -0.05) is 0 Å². The molecule has 0 radical (unpaired) electrons. The minimum absolute atomic E-state index is 0. The Morgan fingerprint density at radius 3 is 1.00 bits per heavy atom. The Balaban J connectivity index is 0. The molecule has 0 aliphatic carbocycles. The molecule has 0 aliphatic rings. The molecule has 0 aromatic rings. The minimum atomic E-state index is 0. The van der Waals surface area contributed by atoms with Gasteiger partial charge in [-0.3, -0.25) is 0 Å². The molecule has 0 unspecified atom stereocenters. The van der Waals surface area contributed by atoms with Crippen LogP contribution in [-0.4, -0.2) is 133 Å². The first-order valence-electron chi connectivity index (χ1n) is 0. The van der Waals surface area contributed by atoms with Crippen molar-refractivity contribution < 1.29 is 56.9 Å². The third-order valence-electron chi connectivity index (χ3n) is 0. The van der Waals surface area contributed by atoms with Gasteiger partial charge in [-0.15, -0.1) is 0 Å². The van der Waals surface area contributed by atoms with E-state index in [-0.39, 0.29) is 184 Å². The van der Waals surface area contributed by atoms with Gasteiger partial charge in [0.2, 0.25) is 0 Å². The topological polar surface area (TPSA) is 30.0 Å². The summed E-state index contributed by atoms with van der Waals surface area (Å²) in [7, 11) is 0. The molecule has 4 heavy (non-hydrogen) atoms. The van der Waals surface area contributed by atoms with Crippen LogP contribution in [0.15, 0.2) is 0 Å². The summed E-state index contributed by atoms with van der Waals surface area (Å²) in [6, 6.07) is 0. The molecule has 0 aromatic heterocycles. The van der Waals surface area contributed by atoms with Gasteiger partial charge < -0.3 is 5.48 Å². The van der Waals surface area contributed by atoms with Crippen molar-refractivity contribution in [1.29, 1.82) is 0 Å². The second kappa shape index (κ2) is 15.8. The zero-order valence-electron chi connectivity index (χ0n) is 1.45. The van der Waals surface area contributed by atoms with Gasteiger partial charge in [-0.05, 0) is 0 Å². The number of rotatable bonds is 0. The van der Waals surface area contributed by atoms with Gasteiger partial charge in [0.05, 0.1) is 0 Å². The van der Waals surface area contributed by atoms with Crippen molar-refractivity contribution in [2.45, 2.75) is 0 Å². The first-order valence-corrected chi connectivity index (χ1v) is 0. The number of hydrogen-bond donors (Lipinski definition) is 0. The Morgan fingerprint density at radius 1 is 1.00 bits per heavy atom. The van der Waals surface area contributed by atoms with Gasteiger partial charge >= 0.3 is 178 Å². The molecule has 0 saturated heterocycles. The van der Waals surface area contributed by atoms with Crippen LogP contribution in [0.3, 0.4) is 0 Å². The van der Waals surface area contributed by atoms with Gasteiger partial charge in [0.1, 0.15) is 0 Å². The Bertz CT molecular complexity index is 8.00. The van der Waals surface area contributed by atoms with Crippen molar-refractivity contribution in [2.24, 2.45) is 0 Å². The zero-order valence-corrected chi connectivity index (χ0v) is 4.57. The summed E-state index contributed by atoms with van der Waals surface area (Å²) < 4.78 is 0. The normalized spacial score (nSPS) is 0. The summed E-state index contributed by atoms with van der Waals surface area (Å²) >= 11 is 0. The summed E-state index contributed by atoms with van der Waals surface area (Å²) in [5.74, 6) is 0. The molecule has 0 aliphatic heterocycles. The van der Waals surface area contributed by atoms with Crippen molar-refractivity contribution in [3.8, 4) is 0 Å². The predicted molar refractivity (Wildman–Crippen MR) is 16.2 cm³/mol. The predicted octanol–water partition coefficient (Wildman–Crippen LogP) is -4.47. The monoisotopic (exact) mass is 276 g/mol. The quantitative estimate of drug-likeness (QED) is 0.411. The zero-order chi connectivity index (χ0) is 0. The first kappa shape index (κ1) is 22.7. The molecule has 0 heterocycles. The van der Waals surface area contributed by atoms with Crippen LogP contribution < -0.4 is 51.4 Å². The van der Waals surface area contributed by atoms with Crippen molar-refractivity contribution in [2.75, 3.05) is 0 Å². The molecule has 0 aromatic carbocycles. The summed E-state index contributed by atoms with van der Waals surface area (Å²) in [5, 5.41) is 0. The van der Waals surface area contributed by atoms with Crippen molar-refractivity contribution in [3.63, 3.8) is 0 Å². The van der Waals surface area contributed by atoms with Gasteiger partial charge in [-0.25, -0.2) is 0 Å². The molecule has 12 valence electrons. The average molecular weight is 276 g/mol. The van der Waals surface area contributed by atoms with E-state index in [2.05, 4.69) is 0 Å². The molecular formula is H3CsKORb. The van der Waals surface area contributed by atoms with E-state index in [0.717, 1.165) is 0 Å². The Hall–Kier alpha value is 5.45. The summed E-state index contributed by atoms with van der Waals surface area (Å²) in [6.45, 7) is 0. The Morgan fingerprint density at radius 2 is 1.00 bits per heavy atom. The summed E-state index contributed by atoms with van der Waals surface area (Å²) in [4.78, 5) is 0. The van der Waals surface area contributed by atoms with Crippen LogP contribution in [0, 0.1) is 0 Å². The fourth-order valence-electron chi connectivity index (χ4n) is 0. The van der Waals surface area contributed by atoms with Gasteiger partial charge in [0.15, 0.2) is 0 Å². The standard InChI is InChI=1S/Cs.K.H2O.Rb.2H/h;;1H2;;;/q;+1;;;;/p-1. The third-order valence-corrected chi connectivity index (χ3v) is 0. The van der Waals surface area contributed by atoms with E-state index in [0.29, 0.717) is 0 Å². The first-order chi connectivity index (χ1) is 0. The van der Waals surface area contributed by atoms with Crippen LogP contribution in [-0.2, 0) is 0 Å². The SMILES string of the molecule is [CsH].[K+].[OH-].[RbH]. The molecule has 0 saturated carbocycles. The molecule has 0 bridgehead atoms. The molecule has 0 rings (SSSR count). The van der Waals surface area contributed by atoms with Crippen LogP contribution in [0.1, 0.15) is 0 Å². The Kier molecular flexibility index (Phi) is 89.7. The average Bonchev–Trinajstić information content (AvgIpc) is 0.